The molecule has 0 unspecified atom stereocenters. The monoisotopic (exact) mass is 218 g/mol. The van der Waals surface area contributed by atoms with E-state index in [0.29, 0.717) is 12.4 Å². The van der Waals surface area contributed by atoms with Crippen molar-refractivity contribution in [2.24, 2.45) is 4.99 Å². The Balaban J connectivity index is 2.17. The molecule has 15 heavy (non-hydrogen) atoms. The summed E-state index contributed by atoms with van der Waals surface area (Å²) in [4.78, 5) is 5.57. The smallest absolute Gasteiger partial charge is 0.390 e. The quantitative estimate of drug-likeness (QED) is 0.672. The molecule has 0 aromatic rings. The van der Waals surface area contributed by atoms with Gasteiger partial charge in [0.2, 0.25) is 5.88 Å². The number of aliphatic imine (C=N–C) groups is 1. The SMILES string of the molecule is C[C@@H]1CN2C(OC(F)(F)F)=CC=CC2=N1. The maximum Gasteiger partial charge on any atom is 0.574 e. The van der Waals surface area contributed by atoms with Crippen LogP contribution in [0.25, 0.3) is 0 Å². The maximum absolute atomic E-state index is 12.0. The Morgan fingerprint density at radius 2 is 2.27 bits per heavy atom. The molecule has 0 bridgehead atoms. The molecule has 0 fully saturated rings. The molecule has 0 N–H and O–H groups in total. The van der Waals surface area contributed by atoms with Crippen molar-refractivity contribution in [3.05, 3.63) is 24.1 Å². The molecule has 3 nitrogen and oxygen atoms in total. The number of allylic oxidation sites excluding steroid dienone is 2. The van der Waals surface area contributed by atoms with Gasteiger partial charge in [-0.15, -0.1) is 13.2 Å². The molecule has 0 aromatic carbocycles. The van der Waals surface area contributed by atoms with Crippen LogP contribution >= 0.6 is 0 Å². The molecule has 82 valence electrons. The molecule has 0 radical (unpaired) electrons. The molecule has 2 rings (SSSR count). The number of fused-ring (bicyclic) bond motifs is 1. The van der Waals surface area contributed by atoms with Crippen molar-refractivity contribution in [2.45, 2.75) is 19.3 Å². The lowest BCUT2D eigenvalue weighted by Crippen LogP contribution is -2.32. The van der Waals surface area contributed by atoms with Crippen LogP contribution in [0.1, 0.15) is 6.92 Å². The topological polar surface area (TPSA) is 24.8 Å². The Bertz CT molecular complexity index is 357. The number of hydrogen-bond acceptors (Lipinski definition) is 3. The van der Waals surface area contributed by atoms with Crippen molar-refractivity contribution in [1.82, 2.24) is 4.90 Å². The third-order valence-corrected chi connectivity index (χ3v) is 2.05. The molecule has 2 aliphatic heterocycles. The van der Waals surface area contributed by atoms with Gasteiger partial charge in [-0.05, 0) is 19.1 Å². The molecule has 6 heteroatoms. The van der Waals surface area contributed by atoms with Gasteiger partial charge in [-0.3, -0.25) is 9.89 Å². The summed E-state index contributed by atoms with van der Waals surface area (Å²) in [6.45, 7) is 2.26. The second kappa shape index (κ2) is 3.29. The van der Waals surface area contributed by atoms with E-state index in [-0.39, 0.29) is 11.9 Å². The van der Waals surface area contributed by atoms with E-state index in [0.717, 1.165) is 0 Å². The number of amidine groups is 1. The van der Waals surface area contributed by atoms with Gasteiger partial charge in [0.1, 0.15) is 5.84 Å². The number of ether oxygens (including phenoxy) is 1. The van der Waals surface area contributed by atoms with Gasteiger partial charge in [0.15, 0.2) is 0 Å². The van der Waals surface area contributed by atoms with Crippen LogP contribution in [0.5, 0.6) is 0 Å². The molecule has 0 aliphatic carbocycles. The van der Waals surface area contributed by atoms with Gasteiger partial charge in [-0.25, -0.2) is 0 Å². The van der Waals surface area contributed by atoms with Crippen LogP contribution in [-0.4, -0.2) is 29.7 Å². The van der Waals surface area contributed by atoms with Gasteiger partial charge in [0, 0.05) is 6.54 Å². The highest BCUT2D eigenvalue weighted by Crippen LogP contribution is 2.27. The molecule has 0 aromatic heterocycles. The normalized spacial score (nSPS) is 24.8. The first kappa shape index (κ1) is 10.1. The number of alkyl halides is 3. The van der Waals surface area contributed by atoms with E-state index in [1.165, 1.54) is 17.1 Å². The minimum atomic E-state index is -4.66. The molecule has 0 saturated heterocycles. The van der Waals surface area contributed by atoms with Gasteiger partial charge in [-0.2, -0.15) is 0 Å². The van der Waals surface area contributed by atoms with E-state index < -0.39 is 6.36 Å². The predicted octanol–water partition coefficient (Wildman–Crippen LogP) is 2.04. The Kier molecular flexibility index (Phi) is 2.21. The average Bonchev–Trinajstić information content (AvgIpc) is 2.43. The van der Waals surface area contributed by atoms with Crippen molar-refractivity contribution in [1.29, 1.82) is 0 Å². The zero-order chi connectivity index (χ0) is 11.1. The van der Waals surface area contributed by atoms with Crippen molar-refractivity contribution in [3.8, 4) is 0 Å². The Morgan fingerprint density at radius 3 is 2.93 bits per heavy atom. The van der Waals surface area contributed by atoms with Crippen LogP contribution in [0.2, 0.25) is 0 Å². The third kappa shape index (κ3) is 2.14. The van der Waals surface area contributed by atoms with E-state index >= 15 is 0 Å². The number of halogens is 3. The first-order chi connectivity index (χ1) is 6.96. The first-order valence-corrected chi connectivity index (χ1v) is 4.45. The first-order valence-electron chi connectivity index (χ1n) is 4.45. The highest BCUT2D eigenvalue weighted by atomic mass is 19.4. The summed E-state index contributed by atoms with van der Waals surface area (Å²) in [6, 6.07) is -0.0111. The van der Waals surface area contributed by atoms with Crippen LogP contribution in [-0.2, 0) is 4.74 Å². The minimum Gasteiger partial charge on any atom is -0.390 e. The van der Waals surface area contributed by atoms with Crippen molar-refractivity contribution >= 4 is 5.84 Å². The van der Waals surface area contributed by atoms with Crippen molar-refractivity contribution < 1.29 is 17.9 Å². The standard InChI is InChI=1S/C9H9F3N2O/c1-6-5-14-7(13-6)3-2-4-8(14)15-9(10,11)12/h2-4,6H,5H2,1H3/t6-/m1/s1. The fraction of sp³-hybridized carbons (Fsp3) is 0.444. The Morgan fingerprint density at radius 1 is 1.53 bits per heavy atom. The van der Waals surface area contributed by atoms with Crippen molar-refractivity contribution in [2.75, 3.05) is 6.54 Å². The second-order valence-electron chi connectivity index (χ2n) is 3.36. The number of rotatable bonds is 1. The summed E-state index contributed by atoms with van der Waals surface area (Å²) in [7, 11) is 0. The summed E-state index contributed by atoms with van der Waals surface area (Å²) in [6.07, 6.45) is -0.223. The zero-order valence-corrected chi connectivity index (χ0v) is 7.95. The van der Waals surface area contributed by atoms with Crippen LogP contribution < -0.4 is 0 Å². The van der Waals surface area contributed by atoms with Crippen molar-refractivity contribution in [3.63, 3.8) is 0 Å². The Labute approximate surface area is 84.5 Å². The van der Waals surface area contributed by atoms with Crippen LogP contribution in [0.15, 0.2) is 29.1 Å². The summed E-state index contributed by atoms with van der Waals surface area (Å²) >= 11 is 0. The molecule has 2 heterocycles. The van der Waals surface area contributed by atoms with Crippen LogP contribution in [0, 0.1) is 0 Å². The molecule has 0 amide bonds. The molecule has 0 saturated carbocycles. The maximum atomic E-state index is 12.0. The lowest BCUT2D eigenvalue weighted by molar-refractivity contribution is -0.311. The highest BCUT2D eigenvalue weighted by molar-refractivity contribution is 5.96. The molecular formula is C9H9F3N2O. The average molecular weight is 218 g/mol. The van der Waals surface area contributed by atoms with Gasteiger partial charge in [-0.1, -0.05) is 6.08 Å². The lowest BCUT2D eigenvalue weighted by Gasteiger charge is -2.24. The van der Waals surface area contributed by atoms with E-state index in [4.69, 9.17) is 0 Å². The predicted molar refractivity (Wildman–Crippen MR) is 48.0 cm³/mol. The van der Waals surface area contributed by atoms with Gasteiger partial charge in [0.05, 0.1) is 6.04 Å². The van der Waals surface area contributed by atoms with E-state index in [2.05, 4.69) is 9.73 Å². The fourth-order valence-electron chi connectivity index (χ4n) is 1.54. The zero-order valence-electron chi connectivity index (χ0n) is 7.95. The van der Waals surface area contributed by atoms with Gasteiger partial charge in [0.25, 0.3) is 0 Å². The fourth-order valence-corrected chi connectivity index (χ4v) is 1.54. The van der Waals surface area contributed by atoms with Crippen LogP contribution in [0.3, 0.4) is 0 Å². The van der Waals surface area contributed by atoms with Gasteiger partial charge >= 0.3 is 6.36 Å². The molecular weight excluding hydrogens is 209 g/mol. The van der Waals surface area contributed by atoms with E-state index in [1.807, 2.05) is 6.92 Å². The molecule has 2 aliphatic rings. The largest absolute Gasteiger partial charge is 0.574 e. The summed E-state index contributed by atoms with van der Waals surface area (Å²) < 4.78 is 40.0. The van der Waals surface area contributed by atoms with Gasteiger partial charge < -0.3 is 4.74 Å². The third-order valence-electron chi connectivity index (χ3n) is 2.05. The number of nitrogens with zero attached hydrogens (tertiary/aromatic N) is 2. The van der Waals surface area contributed by atoms with E-state index in [1.54, 1.807) is 6.08 Å². The number of hydrogen-bond donors (Lipinski definition) is 0. The summed E-state index contributed by atoms with van der Waals surface area (Å²) in [5.74, 6) is 0.303. The summed E-state index contributed by atoms with van der Waals surface area (Å²) in [5.41, 5.74) is 0. The lowest BCUT2D eigenvalue weighted by atomic mass is 10.3. The van der Waals surface area contributed by atoms with Crippen LogP contribution in [0.4, 0.5) is 13.2 Å². The second-order valence-corrected chi connectivity index (χ2v) is 3.36. The summed E-state index contributed by atoms with van der Waals surface area (Å²) in [5, 5.41) is 0. The molecule has 1 atom stereocenters. The highest BCUT2D eigenvalue weighted by Gasteiger charge is 2.36. The van der Waals surface area contributed by atoms with E-state index in [9.17, 15) is 13.2 Å². The Hall–Kier alpha value is -1.46. The molecule has 0 spiro atoms. The minimum absolute atomic E-state index is 0.0111.